The molecule has 1 aliphatic rings. The summed E-state index contributed by atoms with van der Waals surface area (Å²) in [4.78, 5) is 34.7. The average Bonchev–Trinajstić information content (AvgIpc) is 3.22. The van der Waals surface area contributed by atoms with E-state index < -0.39 is 0 Å². The first-order valence-corrected chi connectivity index (χ1v) is 9.23. The maximum Gasteiger partial charge on any atom is 0.220 e. The monoisotopic (exact) mass is 370 g/mol. The Morgan fingerprint density at radius 2 is 1.81 bits per heavy atom. The standard InChI is InChI=1S/C20H23FN4O2/c21-16-5-3-15(4-6-16)18(26)7-8-20(27)22-10-9-17-13-19(24-14-23-17)25-11-1-2-12-25/h3-6,13-14H,1-2,7-12H2,(H,22,27). The molecule has 0 spiro atoms. The molecule has 1 fully saturated rings. The molecule has 6 nitrogen and oxygen atoms in total. The summed E-state index contributed by atoms with van der Waals surface area (Å²) >= 11 is 0. The van der Waals surface area contributed by atoms with Gasteiger partial charge in [0.25, 0.3) is 0 Å². The van der Waals surface area contributed by atoms with Gasteiger partial charge in [-0.1, -0.05) is 0 Å². The van der Waals surface area contributed by atoms with Crippen molar-refractivity contribution < 1.29 is 14.0 Å². The van der Waals surface area contributed by atoms with E-state index in [1.165, 1.54) is 37.1 Å². The fraction of sp³-hybridized carbons (Fsp3) is 0.400. The normalized spacial score (nSPS) is 13.6. The molecule has 1 amide bonds. The van der Waals surface area contributed by atoms with Gasteiger partial charge in [0.1, 0.15) is 18.0 Å². The molecule has 0 saturated carbocycles. The fourth-order valence-corrected chi connectivity index (χ4v) is 3.07. The van der Waals surface area contributed by atoms with Crippen LogP contribution in [0.15, 0.2) is 36.7 Å². The third-order valence-electron chi connectivity index (χ3n) is 4.59. The second kappa shape index (κ2) is 9.21. The summed E-state index contributed by atoms with van der Waals surface area (Å²) in [5, 5.41) is 2.81. The first-order valence-electron chi connectivity index (χ1n) is 9.23. The molecular weight excluding hydrogens is 347 g/mol. The maximum atomic E-state index is 12.9. The van der Waals surface area contributed by atoms with Crippen molar-refractivity contribution in [1.29, 1.82) is 0 Å². The van der Waals surface area contributed by atoms with Gasteiger partial charge in [-0.15, -0.1) is 0 Å². The lowest BCUT2D eigenvalue weighted by Crippen LogP contribution is -2.26. The summed E-state index contributed by atoms with van der Waals surface area (Å²) in [7, 11) is 0. The molecular formula is C20H23FN4O2. The van der Waals surface area contributed by atoms with Crippen molar-refractivity contribution >= 4 is 17.5 Å². The number of carbonyl (C=O) groups is 2. The van der Waals surface area contributed by atoms with Crippen LogP contribution in [0.5, 0.6) is 0 Å². The molecule has 27 heavy (non-hydrogen) atoms. The highest BCUT2D eigenvalue weighted by molar-refractivity contribution is 5.97. The Hall–Kier alpha value is -2.83. The van der Waals surface area contributed by atoms with Crippen LogP contribution in [-0.4, -0.2) is 41.3 Å². The molecule has 1 saturated heterocycles. The number of nitrogens with one attached hydrogen (secondary N) is 1. The summed E-state index contributed by atoms with van der Waals surface area (Å²) < 4.78 is 12.9. The predicted molar refractivity (Wildman–Crippen MR) is 100 cm³/mol. The summed E-state index contributed by atoms with van der Waals surface area (Å²) in [6, 6.07) is 7.32. The van der Waals surface area contributed by atoms with Crippen molar-refractivity contribution in [1.82, 2.24) is 15.3 Å². The number of nitrogens with zero attached hydrogens (tertiary/aromatic N) is 3. The smallest absolute Gasteiger partial charge is 0.220 e. The third kappa shape index (κ3) is 5.57. The number of Topliss-reactive ketones (excluding diaryl/α,β-unsaturated/α-hetero) is 1. The number of hydrogen-bond acceptors (Lipinski definition) is 5. The van der Waals surface area contributed by atoms with Crippen LogP contribution >= 0.6 is 0 Å². The Bertz CT molecular complexity index is 789. The molecule has 0 unspecified atom stereocenters. The number of amides is 1. The average molecular weight is 370 g/mol. The molecule has 0 atom stereocenters. The van der Waals surface area contributed by atoms with Gasteiger partial charge < -0.3 is 10.2 Å². The Morgan fingerprint density at radius 3 is 2.56 bits per heavy atom. The van der Waals surface area contributed by atoms with E-state index in [0.29, 0.717) is 18.5 Å². The highest BCUT2D eigenvalue weighted by atomic mass is 19.1. The Morgan fingerprint density at radius 1 is 1.07 bits per heavy atom. The van der Waals surface area contributed by atoms with Gasteiger partial charge in [-0.05, 0) is 37.1 Å². The number of hydrogen-bond donors (Lipinski definition) is 1. The number of aromatic nitrogens is 2. The summed E-state index contributed by atoms with van der Waals surface area (Å²) in [5.74, 6) is 0.200. The van der Waals surface area contributed by atoms with Crippen LogP contribution in [0.2, 0.25) is 0 Å². The van der Waals surface area contributed by atoms with Crippen molar-refractivity contribution in [3.8, 4) is 0 Å². The van der Waals surface area contributed by atoms with Gasteiger partial charge in [0, 0.05) is 56.2 Å². The zero-order chi connectivity index (χ0) is 19.1. The number of carbonyl (C=O) groups excluding carboxylic acids is 2. The molecule has 1 aromatic carbocycles. The Balaban J connectivity index is 1.40. The lowest BCUT2D eigenvalue weighted by atomic mass is 10.1. The zero-order valence-corrected chi connectivity index (χ0v) is 15.2. The topological polar surface area (TPSA) is 75.2 Å². The van der Waals surface area contributed by atoms with Crippen LogP contribution in [0.3, 0.4) is 0 Å². The third-order valence-corrected chi connectivity index (χ3v) is 4.59. The quantitative estimate of drug-likeness (QED) is 0.723. The van der Waals surface area contributed by atoms with Gasteiger partial charge >= 0.3 is 0 Å². The minimum absolute atomic E-state index is 0.101. The first-order chi connectivity index (χ1) is 13.1. The molecule has 2 aromatic rings. The van der Waals surface area contributed by atoms with E-state index >= 15 is 0 Å². The molecule has 2 heterocycles. The van der Waals surface area contributed by atoms with Crippen molar-refractivity contribution in [2.45, 2.75) is 32.1 Å². The maximum absolute atomic E-state index is 12.9. The molecule has 3 rings (SSSR count). The zero-order valence-electron chi connectivity index (χ0n) is 15.2. The van der Waals surface area contributed by atoms with Crippen LogP contribution < -0.4 is 10.2 Å². The van der Waals surface area contributed by atoms with E-state index in [9.17, 15) is 14.0 Å². The largest absolute Gasteiger partial charge is 0.357 e. The Kier molecular flexibility index (Phi) is 6.46. The number of ketones is 1. The minimum atomic E-state index is -0.387. The molecule has 7 heteroatoms. The van der Waals surface area contributed by atoms with Gasteiger partial charge in [-0.2, -0.15) is 0 Å². The van der Waals surface area contributed by atoms with Crippen LogP contribution in [0.25, 0.3) is 0 Å². The highest BCUT2D eigenvalue weighted by Gasteiger charge is 2.14. The predicted octanol–water partition coefficient (Wildman–Crippen LogP) is 2.54. The number of halogens is 1. The second-order valence-electron chi connectivity index (χ2n) is 6.59. The van der Waals surface area contributed by atoms with Crippen LogP contribution in [0, 0.1) is 5.82 Å². The number of anilines is 1. The van der Waals surface area contributed by atoms with Gasteiger partial charge in [-0.25, -0.2) is 14.4 Å². The lowest BCUT2D eigenvalue weighted by Gasteiger charge is -2.16. The van der Waals surface area contributed by atoms with Crippen molar-refractivity contribution in [2.24, 2.45) is 0 Å². The molecule has 0 aliphatic carbocycles. The van der Waals surface area contributed by atoms with Crippen LogP contribution in [0.1, 0.15) is 41.7 Å². The molecule has 0 radical (unpaired) electrons. The molecule has 142 valence electrons. The SMILES string of the molecule is O=C(CCC(=O)c1ccc(F)cc1)NCCc1cc(N2CCCC2)ncn1. The van der Waals surface area contributed by atoms with E-state index in [-0.39, 0.29) is 30.3 Å². The fourth-order valence-electron chi connectivity index (χ4n) is 3.07. The summed E-state index contributed by atoms with van der Waals surface area (Å²) in [5.41, 5.74) is 1.30. The van der Waals surface area contributed by atoms with Crippen molar-refractivity contribution in [3.63, 3.8) is 0 Å². The van der Waals surface area contributed by atoms with E-state index in [4.69, 9.17) is 0 Å². The van der Waals surface area contributed by atoms with Gasteiger partial charge in [0.2, 0.25) is 5.91 Å². The number of rotatable bonds is 8. The van der Waals surface area contributed by atoms with E-state index in [2.05, 4.69) is 20.2 Å². The van der Waals surface area contributed by atoms with E-state index in [0.717, 1.165) is 24.6 Å². The van der Waals surface area contributed by atoms with Crippen LogP contribution in [-0.2, 0) is 11.2 Å². The van der Waals surface area contributed by atoms with Crippen molar-refractivity contribution in [2.75, 3.05) is 24.5 Å². The van der Waals surface area contributed by atoms with E-state index in [1.54, 1.807) is 6.33 Å². The molecule has 0 bridgehead atoms. The summed E-state index contributed by atoms with van der Waals surface area (Å²) in [6.45, 7) is 2.50. The molecule has 1 aromatic heterocycles. The highest BCUT2D eigenvalue weighted by Crippen LogP contribution is 2.17. The molecule has 1 N–H and O–H groups in total. The minimum Gasteiger partial charge on any atom is -0.357 e. The number of benzene rings is 1. The first kappa shape index (κ1) is 18.9. The Labute approximate surface area is 157 Å². The lowest BCUT2D eigenvalue weighted by molar-refractivity contribution is -0.121. The van der Waals surface area contributed by atoms with E-state index in [1.807, 2.05) is 6.07 Å². The van der Waals surface area contributed by atoms with Crippen molar-refractivity contribution in [3.05, 3.63) is 53.7 Å². The second-order valence-corrected chi connectivity index (χ2v) is 6.59. The van der Waals surface area contributed by atoms with Gasteiger partial charge in [-0.3, -0.25) is 9.59 Å². The van der Waals surface area contributed by atoms with Gasteiger partial charge in [0.15, 0.2) is 5.78 Å². The van der Waals surface area contributed by atoms with Crippen LogP contribution in [0.4, 0.5) is 10.2 Å². The van der Waals surface area contributed by atoms with Gasteiger partial charge in [0.05, 0.1) is 0 Å². The summed E-state index contributed by atoms with van der Waals surface area (Å²) in [6.07, 6.45) is 4.76. The molecule has 1 aliphatic heterocycles.